The highest BCUT2D eigenvalue weighted by atomic mass is 19.3. The fourth-order valence-electron chi connectivity index (χ4n) is 2.25. The second kappa shape index (κ2) is 10.6. The standard InChI is InChI=1S/C20H19F2NO6/c1-26-17-10-13(6-8-16(17)27-12-18(23)24)7-9-19(25)28-11-14-4-2-3-5-15(14)29-20(21)22/h2-10,20H,11-12H2,1H3,(H2,23,24)/b9-7+. The van der Waals surface area contributed by atoms with Crippen molar-refractivity contribution in [2.75, 3.05) is 13.7 Å². The van der Waals surface area contributed by atoms with Crippen LogP contribution in [-0.4, -0.2) is 32.2 Å². The van der Waals surface area contributed by atoms with Crippen molar-refractivity contribution >= 4 is 18.0 Å². The fraction of sp³-hybridized carbons (Fsp3) is 0.200. The van der Waals surface area contributed by atoms with E-state index in [0.29, 0.717) is 22.6 Å². The van der Waals surface area contributed by atoms with E-state index in [4.69, 9.17) is 19.9 Å². The van der Waals surface area contributed by atoms with Crippen LogP contribution in [0.2, 0.25) is 0 Å². The Kier molecular flexibility index (Phi) is 7.96. The molecule has 0 atom stereocenters. The van der Waals surface area contributed by atoms with Crippen LogP contribution < -0.4 is 19.9 Å². The number of nitrogens with two attached hydrogens (primary N) is 1. The first-order valence-electron chi connectivity index (χ1n) is 8.35. The van der Waals surface area contributed by atoms with Crippen LogP contribution in [0.3, 0.4) is 0 Å². The number of primary amides is 1. The van der Waals surface area contributed by atoms with Gasteiger partial charge >= 0.3 is 12.6 Å². The van der Waals surface area contributed by atoms with E-state index in [9.17, 15) is 18.4 Å². The number of hydrogen-bond acceptors (Lipinski definition) is 6. The lowest BCUT2D eigenvalue weighted by atomic mass is 10.2. The first-order valence-corrected chi connectivity index (χ1v) is 8.35. The topological polar surface area (TPSA) is 97.1 Å². The third kappa shape index (κ3) is 7.13. The van der Waals surface area contributed by atoms with Crippen LogP contribution in [0.1, 0.15) is 11.1 Å². The minimum Gasteiger partial charge on any atom is -0.493 e. The molecular weight excluding hydrogens is 388 g/mol. The van der Waals surface area contributed by atoms with Crippen molar-refractivity contribution in [1.82, 2.24) is 0 Å². The number of rotatable bonds is 10. The minimum absolute atomic E-state index is 0.0597. The summed E-state index contributed by atoms with van der Waals surface area (Å²) in [5, 5.41) is 0. The number of halogens is 2. The quantitative estimate of drug-likeness (QED) is 0.481. The zero-order valence-electron chi connectivity index (χ0n) is 15.5. The van der Waals surface area contributed by atoms with Gasteiger partial charge in [0.1, 0.15) is 12.4 Å². The van der Waals surface area contributed by atoms with E-state index >= 15 is 0 Å². The third-order valence-electron chi connectivity index (χ3n) is 3.53. The molecule has 154 valence electrons. The summed E-state index contributed by atoms with van der Waals surface area (Å²) in [6, 6.07) is 10.8. The van der Waals surface area contributed by atoms with Gasteiger partial charge in [0.2, 0.25) is 0 Å². The van der Waals surface area contributed by atoms with Crippen LogP contribution in [0, 0.1) is 0 Å². The van der Waals surface area contributed by atoms with Crippen LogP contribution in [-0.2, 0) is 20.9 Å². The Morgan fingerprint density at radius 3 is 2.55 bits per heavy atom. The molecule has 0 aromatic heterocycles. The average Bonchev–Trinajstić information content (AvgIpc) is 2.69. The SMILES string of the molecule is COc1cc(/C=C/C(=O)OCc2ccccc2OC(F)F)ccc1OCC(N)=O. The molecular formula is C20H19F2NO6. The summed E-state index contributed by atoms with van der Waals surface area (Å²) in [5.74, 6) is -0.693. The summed E-state index contributed by atoms with van der Waals surface area (Å²) in [7, 11) is 1.42. The Morgan fingerprint density at radius 2 is 1.86 bits per heavy atom. The highest BCUT2D eigenvalue weighted by molar-refractivity contribution is 5.87. The van der Waals surface area contributed by atoms with Crippen molar-refractivity contribution in [1.29, 1.82) is 0 Å². The highest BCUT2D eigenvalue weighted by Crippen LogP contribution is 2.28. The van der Waals surface area contributed by atoms with Crippen LogP contribution in [0.5, 0.6) is 17.2 Å². The lowest BCUT2D eigenvalue weighted by Crippen LogP contribution is -2.20. The molecule has 2 N–H and O–H groups in total. The molecule has 0 aliphatic rings. The number of hydrogen-bond donors (Lipinski definition) is 1. The maximum atomic E-state index is 12.4. The smallest absolute Gasteiger partial charge is 0.387 e. The van der Waals surface area contributed by atoms with Gasteiger partial charge < -0.3 is 24.7 Å². The molecule has 9 heteroatoms. The molecule has 0 saturated heterocycles. The van der Waals surface area contributed by atoms with Crippen molar-refractivity contribution in [3.63, 3.8) is 0 Å². The Morgan fingerprint density at radius 1 is 1.10 bits per heavy atom. The van der Waals surface area contributed by atoms with Crippen molar-refractivity contribution in [2.45, 2.75) is 13.2 Å². The second-order valence-corrected chi connectivity index (χ2v) is 5.59. The zero-order valence-corrected chi connectivity index (χ0v) is 15.5. The van der Waals surface area contributed by atoms with Gasteiger partial charge in [0.25, 0.3) is 5.91 Å². The van der Waals surface area contributed by atoms with E-state index in [1.54, 1.807) is 24.3 Å². The molecule has 0 aliphatic carbocycles. The Balaban J connectivity index is 1.98. The zero-order chi connectivity index (χ0) is 21.2. The number of esters is 1. The van der Waals surface area contributed by atoms with Crippen LogP contribution in [0.4, 0.5) is 8.78 Å². The van der Waals surface area contributed by atoms with Gasteiger partial charge in [-0.2, -0.15) is 8.78 Å². The number of amides is 1. The molecule has 29 heavy (non-hydrogen) atoms. The van der Waals surface area contributed by atoms with Crippen molar-refractivity contribution in [2.24, 2.45) is 5.73 Å². The second-order valence-electron chi connectivity index (χ2n) is 5.59. The van der Waals surface area contributed by atoms with E-state index < -0.39 is 18.5 Å². The number of carbonyl (C=O) groups is 2. The lowest BCUT2D eigenvalue weighted by Gasteiger charge is -2.10. The van der Waals surface area contributed by atoms with Crippen molar-refractivity contribution in [3.05, 3.63) is 59.7 Å². The molecule has 2 rings (SSSR count). The largest absolute Gasteiger partial charge is 0.493 e. The van der Waals surface area contributed by atoms with Gasteiger partial charge in [-0.1, -0.05) is 24.3 Å². The molecule has 2 aromatic carbocycles. The average molecular weight is 407 g/mol. The first kappa shape index (κ1) is 21.7. The molecule has 0 spiro atoms. The van der Waals surface area contributed by atoms with Gasteiger partial charge in [-0.15, -0.1) is 0 Å². The van der Waals surface area contributed by atoms with Crippen molar-refractivity contribution in [3.8, 4) is 17.2 Å². The molecule has 0 heterocycles. The number of alkyl halides is 2. The van der Waals surface area contributed by atoms with Crippen LogP contribution >= 0.6 is 0 Å². The van der Waals surface area contributed by atoms with E-state index in [0.717, 1.165) is 0 Å². The summed E-state index contributed by atoms with van der Waals surface area (Å²) in [4.78, 5) is 22.7. The number of ether oxygens (including phenoxy) is 4. The molecule has 1 amide bonds. The van der Waals surface area contributed by atoms with Crippen LogP contribution in [0.15, 0.2) is 48.5 Å². The molecule has 0 unspecified atom stereocenters. The molecule has 2 aromatic rings. The summed E-state index contributed by atoms with van der Waals surface area (Å²) < 4.78 is 44.6. The summed E-state index contributed by atoms with van der Waals surface area (Å²) in [5.41, 5.74) is 5.95. The van der Waals surface area contributed by atoms with Gasteiger partial charge in [0.15, 0.2) is 18.1 Å². The summed E-state index contributed by atoms with van der Waals surface area (Å²) in [6.07, 6.45) is 2.65. The number of benzene rings is 2. The van der Waals surface area contributed by atoms with Gasteiger partial charge in [-0.3, -0.25) is 4.79 Å². The van der Waals surface area contributed by atoms with E-state index in [1.165, 1.54) is 37.5 Å². The van der Waals surface area contributed by atoms with Gasteiger partial charge in [0.05, 0.1) is 7.11 Å². The molecule has 0 saturated carbocycles. The van der Waals surface area contributed by atoms with Crippen LogP contribution in [0.25, 0.3) is 6.08 Å². The summed E-state index contributed by atoms with van der Waals surface area (Å²) in [6.45, 7) is -3.50. The number of methoxy groups -OCH3 is 1. The predicted octanol–water partition coefficient (Wildman–Crippen LogP) is 2.92. The minimum atomic E-state index is -2.98. The monoisotopic (exact) mass is 407 g/mol. The van der Waals surface area contributed by atoms with E-state index in [1.807, 2.05) is 0 Å². The number of para-hydroxylation sites is 1. The van der Waals surface area contributed by atoms with Gasteiger partial charge in [-0.05, 0) is 29.8 Å². The Hall–Kier alpha value is -3.62. The molecule has 7 nitrogen and oxygen atoms in total. The normalized spacial score (nSPS) is 10.8. The predicted molar refractivity (Wildman–Crippen MR) is 99.6 cm³/mol. The molecule has 0 bridgehead atoms. The third-order valence-corrected chi connectivity index (χ3v) is 3.53. The highest BCUT2D eigenvalue weighted by Gasteiger charge is 2.10. The summed E-state index contributed by atoms with van der Waals surface area (Å²) >= 11 is 0. The van der Waals surface area contributed by atoms with Gasteiger partial charge in [0, 0.05) is 11.6 Å². The van der Waals surface area contributed by atoms with Crippen molar-refractivity contribution < 1.29 is 37.3 Å². The molecule has 0 radical (unpaired) electrons. The maximum absolute atomic E-state index is 12.4. The van der Waals surface area contributed by atoms with E-state index in [-0.39, 0.29) is 19.0 Å². The molecule has 0 fully saturated rings. The van der Waals surface area contributed by atoms with Gasteiger partial charge in [-0.25, -0.2) is 4.79 Å². The molecule has 0 aliphatic heterocycles. The lowest BCUT2D eigenvalue weighted by molar-refractivity contribution is -0.139. The van der Waals surface area contributed by atoms with E-state index in [2.05, 4.69) is 4.74 Å². The first-order chi connectivity index (χ1) is 13.9. The number of carbonyl (C=O) groups excluding carboxylic acids is 2. The maximum Gasteiger partial charge on any atom is 0.387 e. The fourth-order valence-corrected chi connectivity index (χ4v) is 2.25. The Labute approximate surface area is 165 Å². The Bertz CT molecular complexity index is 885.